The van der Waals surface area contributed by atoms with Gasteiger partial charge in [-0.05, 0) is 40.5 Å². The molecule has 0 aliphatic carbocycles. The van der Waals surface area contributed by atoms with Crippen molar-refractivity contribution in [3.05, 3.63) is 0 Å². The predicted molar refractivity (Wildman–Crippen MR) is 96.6 cm³/mol. The summed E-state index contributed by atoms with van der Waals surface area (Å²) in [6.45, 7) is 7.15. The first-order valence-corrected chi connectivity index (χ1v) is 10.8. The maximum absolute atomic E-state index is 12.9. The van der Waals surface area contributed by atoms with Gasteiger partial charge >= 0.3 is 22.3 Å². The first-order chi connectivity index (χ1) is 11.5. The second-order valence-electron chi connectivity index (χ2n) is 6.70. The molecule has 1 atom stereocenters. The summed E-state index contributed by atoms with van der Waals surface area (Å²) < 4.78 is 37.9. The summed E-state index contributed by atoms with van der Waals surface area (Å²) in [5.41, 5.74) is -0.813. The number of halogens is 1. The second-order valence-corrected chi connectivity index (χ2v) is 9.34. The number of esters is 1. The van der Waals surface area contributed by atoms with E-state index < -0.39 is 33.8 Å². The first kappa shape index (κ1) is 22.2. The summed E-state index contributed by atoms with van der Waals surface area (Å²) in [5.74, 6) is -0.931. The Labute approximate surface area is 158 Å². The molecule has 8 nitrogen and oxygen atoms in total. The molecule has 0 unspecified atom stereocenters. The van der Waals surface area contributed by atoms with Gasteiger partial charge in [-0.15, -0.1) is 0 Å². The van der Waals surface area contributed by atoms with Crippen LogP contribution in [0.3, 0.4) is 0 Å². The molecule has 0 bridgehead atoms. The summed E-state index contributed by atoms with van der Waals surface area (Å²) in [7, 11) is -4.08. The molecule has 0 saturated carbocycles. The van der Waals surface area contributed by atoms with Crippen molar-refractivity contribution in [3.63, 3.8) is 0 Å². The lowest BCUT2D eigenvalue weighted by molar-refractivity contribution is -0.149. The maximum atomic E-state index is 12.9. The quantitative estimate of drug-likeness (QED) is 0.461. The molecule has 146 valence electrons. The smallest absolute Gasteiger partial charge is 0.425 e. The molecule has 0 radical (unpaired) electrons. The molecule has 1 heterocycles. The summed E-state index contributed by atoms with van der Waals surface area (Å²) in [6, 6.07) is 0. The van der Waals surface area contributed by atoms with E-state index in [4.69, 9.17) is 9.47 Å². The zero-order chi connectivity index (χ0) is 19.3. The largest absolute Gasteiger partial charge is 0.466 e. The summed E-state index contributed by atoms with van der Waals surface area (Å²) in [6.07, 6.45) is 0.166. The minimum Gasteiger partial charge on any atom is -0.466 e. The molecule has 10 heteroatoms. The van der Waals surface area contributed by atoms with Gasteiger partial charge in [0, 0.05) is 18.4 Å². The van der Waals surface area contributed by atoms with Crippen LogP contribution >= 0.6 is 15.9 Å². The average Bonchev–Trinajstić information content (AvgIpc) is 2.51. The predicted octanol–water partition coefficient (Wildman–Crippen LogP) is 2.14. The molecule has 0 aromatic rings. The SMILES string of the molecule is CCOC(=O)[C@H]1CCCN(S(=O)(=O)N(CCBr)C(=O)OC(C)(C)C)C1. The lowest BCUT2D eigenvalue weighted by Crippen LogP contribution is -2.52. The number of nitrogens with zero attached hydrogens (tertiary/aromatic N) is 2. The highest BCUT2D eigenvalue weighted by molar-refractivity contribution is 9.09. The molecule has 1 aliphatic rings. The molecule has 0 aromatic heterocycles. The molecular formula is C15H27BrN2O6S. The molecular weight excluding hydrogens is 416 g/mol. The van der Waals surface area contributed by atoms with E-state index in [2.05, 4.69) is 15.9 Å². The number of hydrogen-bond acceptors (Lipinski definition) is 6. The van der Waals surface area contributed by atoms with Crippen LogP contribution in [-0.2, 0) is 24.5 Å². The third-order valence-electron chi connectivity index (χ3n) is 3.49. The molecule has 1 fully saturated rings. The van der Waals surface area contributed by atoms with E-state index in [0.29, 0.717) is 17.1 Å². The highest BCUT2D eigenvalue weighted by Gasteiger charge is 2.39. The minimum absolute atomic E-state index is 0.00273. The van der Waals surface area contributed by atoms with E-state index in [1.165, 1.54) is 0 Å². The summed E-state index contributed by atoms with van der Waals surface area (Å²) in [5, 5.41) is 0.278. The van der Waals surface area contributed by atoms with E-state index in [9.17, 15) is 18.0 Å². The Morgan fingerprint density at radius 1 is 1.32 bits per heavy atom. The number of piperidine rings is 1. The number of hydrogen-bond donors (Lipinski definition) is 0. The van der Waals surface area contributed by atoms with E-state index in [-0.39, 0.29) is 31.6 Å². The number of carbonyl (C=O) groups is 2. The van der Waals surface area contributed by atoms with Crippen molar-refractivity contribution in [1.82, 2.24) is 8.61 Å². The number of ether oxygens (including phenoxy) is 2. The molecule has 0 aromatic carbocycles. The topological polar surface area (TPSA) is 93.2 Å². The third-order valence-corrected chi connectivity index (χ3v) is 5.72. The van der Waals surface area contributed by atoms with Crippen LogP contribution in [0.15, 0.2) is 0 Å². The standard InChI is InChI=1S/C15H27BrN2O6S/c1-5-23-13(19)12-7-6-9-17(11-12)25(21,22)18(10-8-16)14(20)24-15(2,3)4/h12H,5-11H2,1-4H3/t12-/m0/s1. The minimum atomic E-state index is -4.08. The fraction of sp³-hybridized carbons (Fsp3) is 0.867. The number of amides is 1. The van der Waals surface area contributed by atoms with Crippen molar-refractivity contribution in [1.29, 1.82) is 0 Å². The number of rotatable bonds is 6. The molecule has 1 aliphatic heterocycles. The molecule has 0 spiro atoms. The van der Waals surface area contributed by atoms with Gasteiger partial charge in [0.15, 0.2) is 0 Å². The van der Waals surface area contributed by atoms with E-state index >= 15 is 0 Å². The Balaban J connectivity index is 2.97. The zero-order valence-electron chi connectivity index (χ0n) is 15.2. The first-order valence-electron chi connectivity index (χ1n) is 8.26. The van der Waals surface area contributed by atoms with Crippen LogP contribution in [0, 0.1) is 5.92 Å². The second kappa shape index (κ2) is 9.18. The van der Waals surface area contributed by atoms with Gasteiger partial charge in [-0.3, -0.25) is 4.79 Å². The normalized spacial score (nSPS) is 19.3. The van der Waals surface area contributed by atoms with Crippen molar-refractivity contribution in [2.75, 3.05) is 31.6 Å². The Bertz CT molecular complexity index is 575. The molecule has 1 rings (SSSR count). The van der Waals surface area contributed by atoms with Crippen LogP contribution in [0.1, 0.15) is 40.5 Å². The molecule has 25 heavy (non-hydrogen) atoms. The van der Waals surface area contributed by atoms with Crippen LogP contribution in [0.4, 0.5) is 4.79 Å². The van der Waals surface area contributed by atoms with E-state index in [0.717, 1.165) is 4.31 Å². The molecule has 0 N–H and O–H groups in total. The highest BCUT2D eigenvalue weighted by Crippen LogP contribution is 2.23. The number of carbonyl (C=O) groups excluding carboxylic acids is 2. The van der Waals surface area contributed by atoms with Gasteiger partial charge in [0.2, 0.25) is 0 Å². The molecule has 1 saturated heterocycles. The monoisotopic (exact) mass is 442 g/mol. The van der Waals surface area contributed by atoms with Crippen molar-refractivity contribution in [2.45, 2.75) is 46.1 Å². The van der Waals surface area contributed by atoms with Crippen LogP contribution in [-0.4, -0.2) is 66.3 Å². The van der Waals surface area contributed by atoms with Crippen LogP contribution < -0.4 is 0 Å². The van der Waals surface area contributed by atoms with E-state index in [1.807, 2.05) is 0 Å². The van der Waals surface area contributed by atoms with Gasteiger partial charge < -0.3 is 9.47 Å². The fourth-order valence-electron chi connectivity index (χ4n) is 2.43. The Morgan fingerprint density at radius 3 is 2.48 bits per heavy atom. The lowest BCUT2D eigenvalue weighted by Gasteiger charge is -2.35. The van der Waals surface area contributed by atoms with Crippen LogP contribution in [0.25, 0.3) is 0 Å². The van der Waals surface area contributed by atoms with Gasteiger partial charge in [0.25, 0.3) is 0 Å². The van der Waals surface area contributed by atoms with Gasteiger partial charge in [-0.2, -0.15) is 17.0 Å². The van der Waals surface area contributed by atoms with Crippen molar-refractivity contribution in [3.8, 4) is 0 Å². The van der Waals surface area contributed by atoms with Crippen molar-refractivity contribution >= 4 is 38.2 Å². The van der Waals surface area contributed by atoms with Crippen molar-refractivity contribution < 1.29 is 27.5 Å². The Morgan fingerprint density at radius 2 is 1.96 bits per heavy atom. The molecule has 1 amide bonds. The average molecular weight is 443 g/mol. The maximum Gasteiger partial charge on any atom is 0.425 e. The Kier molecular flexibility index (Phi) is 8.14. The number of alkyl halides is 1. The van der Waals surface area contributed by atoms with Gasteiger partial charge in [-0.25, -0.2) is 4.79 Å². The van der Waals surface area contributed by atoms with Gasteiger partial charge in [0.05, 0.1) is 19.1 Å². The van der Waals surface area contributed by atoms with Crippen LogP contribution in [0.5, 0.6) is 0 Å². The summed E-state index contributed by atoms with van der Waals surface area (Å²) >= 11 is 3.16. The van der Waals surface area contributed by atoms with Gasteiger partial charge in [-0.1, -0.05) is 15.9 Å². The fourth-order valence-corrected chi connectivity index (χ4v) is 4.58. The zero-order valence-corrected chi connectivity index (χ0v) is 17.6. The third kappa shape index (κ3) is 6.41. The summed E-state index contributed by atoms with van der Waals surface area (Å²) in [4.78, 5) is 24.3. The van der Waals surface area contributed by atoms with E-state index in [1.54, 1.807) is 27.7 Å². The van der Waals surface area contributed by atoms with Crippen LogP contribution in [0.2, 0.25) is 0 Å². The lowest BCUT2D eigenvalue weighted by atomic mass is 10.0. The van der Waals surface area contributed by atoms with Gasteiger partial charge in [0.1, 0.15) is 5.60 Å². The Hall–Kier alpha value is -0.870. The van der Waals surface area contributed by atoms with Crippen molar-refractivity contribution in [2.24, 2.45) is 5.92 Å². The highest BCUT2D eigenvalue weighted by atomic mass is 79.9.